The van der Waals surface area contributed by atoms with Crippen LogP contribution in [0.25, 0.3) is 0 Å². The van der Waals surface area contributed by atoms with Crippen molar-refractivity contribution in [3.63, 3.8) is 0 Å². The summed E-state index contributed by atoms with van der Waals surface area (Å²) in [4.78, 5) is 0. The van der Waals surface area contributed by atoms with E-state index in [1.807, 2.05) is 12.1 Å². The summed E-state index contributed by atoms with van der Waals surface area (Å²) in [5.41, 5.74) is 1.81. The first kappa shape index (κ1) is 18.0. The molecule has 0 aliphatic rings. The smallest absolute Gasteiger partial charge is 0.126 e. The van der Waals surface area contributed by atoms with Crippen molar-refractivity contribution in [2.75, 3.05) is 0 Å². The largest absolute Gasteiger partial charge is 0.507 e. The van der Waals surface area contributed by atoms with Gasteiger partial charge in [0.25, 0.3) is 0 Å². The van der Waals surface area contributed by atoms with Gasteiger partial charge in [0.05, 0.1) is 13.2 Å². The summed E-state index contributed by atoms with van der Waals surface area (Å²) in [5.74, 6) is -0.00638. The van der Waals surface area contributed by atoms with Crippen molar-refractivity contribution in [2.24, 2.45) is 10.8 Å². The highest BCUT2D eigenvalue weighted by molar-refractivity contribution is 5.46. The number of phenols is 1. The van der Waals surface area contributed by atoms with Crippen LogP contribution in [-0.2, 0) is 18.6 Å². The van der Waals surface area contributed by atoms with Gasteiger partial charge in [0.1, 0.15) is 5.75 Å². The molecule has 3 nitrogen and oxygen atoms in total. The molecule has 1 aromatic carbocycles. The average Bonchev–Trinajstić information content (AvgIpc) is 2.37. The maximum Gasteiger partial charge on any atom is 0.126 e. The van der Waals surface area contributed by atoms with Crippen LogP contribution < -0.4 is 0 Å². The fourth-order valence-corrected chi connectivity index (χ4v) is 2.66. The number of hydrogen-bond acceptors (Lipinski definition) is 3. The van der Waals surface area contributed by atoms with E-state index in [2.05, 4.69) is 48.5 Å². The Balaban J connectivity index is 3.52. The van der Waals surface area contributed by atoms with Crippen LogP contribution >= 0.6 is 0 Å². The molecule has 0 aromatic heterocycles. The first-order chi connectivity index (χ1) is 9.40. The maximum absolute atomic E-state index is 10.0. The summed E-state index contributed by atoms with van der Waals surface area (Å²) >= 11 is 0. The van der Waals surface area contributed by atoms with E-state index in [0.29, 0.717) is 11.1 Å². The molecule has 0 aliphatic carbocycles. The summed E-state index contributed by atoms with van der Waals surface area (Å²) < 4.78 is 0. The zero-order chi connectivity index (χ0) is 16.6. The van der Waals surface area contributed by atoms with E-state index in [0.717, 1.165) is 5.56 Å². The number of aromatic hydroxyl groups is 1. The third kappa shape index (κ3) is 2.95. The second-order valence-electron chi connectivity index (χ2n) is 7.96. The monoisotopic (exact) mass is 294 g/mol. The van der Waals surface area contributed by atoms with Crippen molar-refractivity contribution in [3.8, 4) is 5.75 Å². The molecule has 0 aliphatic heterocycles. The van der Waals surface area contributed by atoms with Gasteiger partial charge in [-0.3, -0.25) is 0 Å². The molecule has 1 aromatic rings. The highest BCUT2D eigenvalue weighted by atomic mass is 16.3. The predicted molar refractivity (Wildman–Crippen MR) is 86.2 cm³/mol. The third-order valence-corrected chi connectivity index (χ3v) is 5.77. The van der Waals surface area contributed by atoms with E-state index >= 15 is 0 Å². The summed E-state index contributed by atoms with van der Waals surface area (Å²) in [6.07, 6.45) is 0. The van der Waals surface area contributed by atoms with Crippen molar-refractivity contribution in [1.29, 1.82) is 0 Å². The lowest BCUT2D eigenvalue weighted by molar-refractivity contribution is 0.0453. The summed E-state index contributed by atoms with van der Waals surface area (Å²) in [7, 11) is 0. The normalized spacial score (nSPS) is 13.6. The Morgan fingerprint density at radius 1 is 0.810 bits per heavy atom. The Morgan fingerprint density at radius 3 is 1.48 bits per heavy atom. The Hall–Kier alpha value is -1.06. The van der Waals surface area contributed by atoms with Crippen LogP contribution in [0.15, 0.2) is 12.1 Å². The molecular formula is C18H30O3. The molecule has 3 heteroatoms. The number of benzene rings is 1. The van der Waals surface area contributed by atoms with Crippen LogP contribution in [0.3, 0.4) is 0 Å². The fraction of sp³-hybridized carbons (Fsp3) is 0.667. The van der Waals surface area contributed by atoms with E-state index < -0.39 is 0 Å². The highest BCUT2D eigenvalue weighted by Gasteiger charge is 2.46. The quantitative estimate of drug-likeness (QED) is 0.793. The van der Waals surface area contributed by atoms with E-state index in [-0.39, 0.29) is 35.2 Å². The molecule has 0 spiro atoms. The standard InChI is InChI=1S/C18H30O3/c1-16(2,3)18(6,7)17(4,5)14-8-12(10-19)15(21)13(9-14)11-20/h8-9,19-21H,10-11H2,1-7H3. The minimum absolute atomic E-state index is 0.00638. The van der Waals surface area contributed by atoms with Crippen molar-refractivity contribution in [3.05, 3.63) is 28.8 Å². The van der Waals surface area contributed by atoms with Crippen molar-refractivity contribution in [1.82, 2.24) is 0 Å². The molecular weight excluding hydrogens is 264 g/mol. The van der Waals surface area contributed by atoms with Crippen LogP contribution in [-0.4, -0.2) is 15.3 Å². The number of rotatable bonds is 4. The van der Waals surface area contributed by atoms with Gasteiger partial charge in [0.2, 0.25) is 0 Å². The van der Waals surface area contributed by atoms with Crippen LogP contribution in [0.2, 0.25) is 0 Å². The van der Waals surface area contributed by atoms with Gasteiger partial charge in [-0.15, -0.1) is 0 Å². The molecule has 0 radical (unpaired) electrons. The minimum atomic E-state index is -0.237. The number of aliphatic hydroxyl groups is 2. The molecule has 0 heterocycles. The molecule has 120 valence electrons. The SMILES string of the molecule is CC(C)(C)C(C)(C)C(C)(C)c1cc(CO)c(O)c(CO)c1. The van der Waals surface area contributed by atoms with E-state index in [9.17, 15) is 15.3 Å². The molecule has 0 fully saturated rings. The van der Waals surface area contributed by atoms with Crippen LogP contribution in [0, 0.1) is 10.8 Å². The molecule has 0 atom stereocenters. The van der Waals surface area contributed by atoms with E-state index in [1.54, 1.807) is 0 Å². The molecule has 0 unspecified atom stereocenters. The summed E-state index contributed by atoms with van der Waals surface area (Å²) in [6.45, 7) is 15.0. The Morgan fingerprint density at radius 2 is 1.19 bits per heavy atom. The van der Waals surface area contributed by atoms with Gasteiger partial charge in [-0.2, -0.15) is 0 Å². The van der Waals surface area contributed by atoms with Gasteiger partial charge in [0, 0.05) is 11.1 Å². The van der Waals surface area contributed by atoms with Gasteiger partial charge in [-0.25, -0.2) is 0 Å². The van der Waals surface area contributed by atoms with Gasteiger partial charge in [-0.1, -0.05) is 48.5 Å². The molecule has 0 saturated heterocycles. The first-order valence-electron chi connectivity index (χ1n) is 7.47. The molecule has 0 bridgehead atoms. The van der Waals surface area contributed by atoms with Gasteiger partial charge < -0.3 is 15.3 Å². The third-order valence-electron chi connectivity index (χ3n) is 5.77. The molecule has 0 saturated carbocycles. The second kappa shape index (κ2) is 5.62. The lowest BCUT2D eigenvalue weighted by Crippen LogP contribution is -2.46. The minimum Gasteiger partial charge on any atom is -0.507 e. The highest BCUT2D eigenvalue weighted by Crippen LogP contribution is 2.52. The maximum atomic E-state index is 10.0. The topological polar surface area (TPSA) is 60.7 Å². The molecule has 0 amide bonds. The van der Waals surface area contributed by atoms with E-state index in [1.165, 1.54) is 0 Å². The molecule has 1 rings (SSSR count). The van der Waals surface area contributed by atoms with Crippen molar-refractivity contribution >= 4 is 0 Å². The van der Waals surface area contributed by atoms with Gasteiger partial charge in [-0.05, 0) is 33.9 Å². The number of hydrogen-bond donors (Lipinski definition) is 3. The second-order valence-corrected chi connectivity index (χ2v) is 7.96. The Bertz CT molecular complexity index is 483. The summed E-state index contributed by atoms with van der Waals surface area (Å²) in [5, 5.41) is 28.9. The zero-order valence-corrected chi connectivity index (χ0v) is 14.4. The average molecular weight is 294 g/mol. The van der Waals surface area contributed by atoms with Gasteiger partial charge in [0.15, 0.2) is 0 Å². The zero-order valence-electron chi connectivity index (χ0n) is 14.4. The lowest BCUT2D eigenvalue weighted by atomic mass is 9.53. The van der Waals surface area contributed by atoms with Crippen molar-refractivity contribution < 1.29 is 15.3 Å². The van der Waals surface area contributed by atoms with Gasteiger partial charge >= 0.3 is 0 Å². The number of aliphatic hydroxyl groups excluding tert-OH is 2. The van der Waals surface area contributed by atoms with E-state index in [4.69, 9.17) is 0 Å². The van der Waals surface area contributed by atoms with Crippen LogP contribution in [0.4, 0.5) is 0 Å². The summed E-state index contributed by atoms with van der Waals surface area (Å²) in [6, 6.07) is 3.70. The molecule has 3 N–H and O–H groups in total. The van der Waals surface area contributed by atoms with Crippen LogP contribution in [0.1, 0.15) is 65.2 Å². The lowest BCUT2D eigenvalue weighted by Gasteiger charge is -2.51. The predicted octanol–water partition coefficient (Wildman–Crippen LogP) is 3.73. The fourth-order valence-electron chi connectivity index (χ4n) is 2.66. The first-order valence-corrected chi connectivity index (χ1v) is 7.47. The Kier molecular flexibility index (Phi) is 4.81. The van der Waals surface area contributed by atoms with Crippen LogP contribution in [0.5, 0.6) is 5.75 Å². The Labute approximate surface area is 128 Å². The van der Waals surface area contributed by atoms with Crippen molar-refractivity contribution in [2.45, 2.75) is 67.1 Å². The molecule has 21 heavy (non-hydrogen) atoms.